The van der Waals surface area contributed by atoms with Gasteiger partial charge in [0.25, 0.3) is 0 Å². The first-order valence-electron chi connectivity index (χ1n) is 5.73. The van der Waals surface area contributed by atoms with Gasteiger partial charge in [0.15, 0.2) is 0 Å². The lowest BCUT2D eigenvalue weighted by Crippen LogP contribution is -2.63. The zero-order valence-electron chi connectivity index (χ0n) is 9.72. The highest BCUT2D eigenvalue weighted by molar-refractivity contribution is 5.21. The molecule has 0 aliphatic carbocycles. The highest BCUT2D eigenvalue weighted by atomic mass is 16.7. The number of para-hydroxylation sites is 1. The smallest absolute Gasteiger partial charge is 0.218 e. The molecule has 0 aromatic heterocycles. The van der Waals surface area contributed by atoms with Crippen molar-refractivity contribution in [3.63, 3.8) is 0 Å². The number of hydrogen-bond donors (Lipinski definition) is 4. The highest BCUT2D eigenvalue weighted by Gasteiger charge is 2.43. The van der Waals surface area contributed by atoms with Gasteiger partial charge in [0.1, 0.15) is 24.1 Å². The second-order valence-corrected chi connectivity index (χ2v) is 4.21. The first-order valence-corrected chi connectivity index (χ1v) is 5.73. The van der Waals surface area contributed by atoms with Gasteiger partial charge >= 0.3 is 0 Å². The van der Waals surface area contributed by atoms with E-state index in [-0.39, 0.29) is 0 Å². The molecule has 1 heterocycles. The average molecular weight is 255 g/mol. The van der Waals surface area contributed by atoms with Gasteiger partial charge in [-0.25, -0.2) is 0 Å². The number of ether oxygens (including phenoxy) is 2. The molecule has 0 radical (unpaired) electrons. The molecule has 5 N–H and O–H groups in total. The van der Waals surface area contributed by atoms with Crippen LogP contribution in [0.15, 0.2) is 30.3 Å². The molecule has 18 heavy (non-hydrogen) atoms. The Labute approximate surface area is 105 Å². The third-order valence-corrected chi connectivity index (χ3v) is 2.92. The minimum atomic E-state index is -1.22. The summed E-state index contributed by atoms with van der Waals surface area (Å²) in [6.07, 6.45) is -4.25. The van der Waals surface area contributed by atoms with E-state index in [0.29, 0.717) is 5.75 Å². The molecule has 6 nitrogen and oxygen atoms in total. The summed E-state index contributed by atoms with van der Waals surface area (Å²) in [6, 6.07) is 7.98. The fraction of sp³-hybridized carbons (Fsp3) is 0.500. The summed E-state index contributed by atoms with van der Waals surface area (Å²) in [5.74, 6) is 0.540. The van der Waals surface area contributed by atoms with Crippen molar-refractivity contribution in [2.75, 3.05) is 6.61 Å². The van der Waals surface area contributed by atoms with E-state index in [2.05, 4.69) is 0 Å². The van der Waals surface area contributed by atoms with Crippen molar-refractivity contribution >= 4 is 0 Å². The van der Waals surface area contributed by atoms with E-state index in [1.165, 1.54) is 0 Å². The Morgan fingerprint density at radius 3 is 2.44 bits per heavy atom. The van der Waals surface area contributed by atoms with E-state index in [1.807, 2.05) is 6.07 Å². The molecule has 1 aromatic rings. The van der Waals surface area contributed by atoms with Gasteiger partial charge in [0, 0.05) is 0 Å². The normalized spacial score (nSPS) is 36.3. The zero-order valence-corrected chi connectivity index (χ0v) is 9.72. The number of aliphatic hydroxyl groups is 3. The maximum absolute atomic E-state index is 9.75. The molecule has 0 saturated carbocycles. The lowest BCUT2D eigenvalue weighted by molar-refractivity contribution is -0.239. The van der Waals surface area contributed by atoms with Crippen LogP contribution >= 0.6 is 0 Å². The van der Waals surface area contributed by atoms with Gasteiger partial charge in [-0.1, -0.05) is 18.2 Å². The number of nitrogens with two attached hydrogens (primary N) is 1. The molecule has 5 atom stereocenters. The standard InChI is InChI=1S/C12H17NO5/c13-9-11(16)10(15)8(6-14)18-12(9)17-7-4-2-1-3-5-7/h1-5,8-12,14-16H,6,13H2/t8-,9-,10-,11-,12-/m1/s1. The van der Waals surface area contributed by atoms with E-state index in [9.17, 15) is 10.2 Å². The lowest BCUT2D eigenvalue weighted by atomic mass is 9.98. The minimum absolute atomic E-state index is 0.417. The first-order chi connectivity index (χ1) is 8.63. The predicted octanol–water partition coefficient (Wildman–Crippen LogP) is -1.17. The van der Waals surface area contributed by atoms with Crippen molar-refractivity contribution in [2.24, 2.45) is 5.73 Å². The van der Waals surface area contributed by atoms with Crippen molar-refractivity contribution in [1.82, 2.24) is 0 Å². The lowest BCUT2D eigenvalue weighted by Gasteiger charge is -2.40. The van der Waals surface area contributed by atoms with Crippen molar-refractivity contribution in [2.45, 2.75) is 30.6 Å². The van der Waals surface area contributed by atoms with Gasteiger partial charge in [0.2, 0.25) is 6.29 Å². The van der Waals surface area contributed by atoms with Gasteiger partial charge in [-0.05, 0) is 12.1 Å². The van der Waals surface area contributed by atoms with Gasteiger partial charge in [-0.2, -0.15) is 0 Å². The quantitative estimate of drug-likeness (QED) is 0.542. The van der Waals surface area contributed by atoms with Crippen LogP contribution < -0.4 is 10.5 Å². The third kappa shape index (κ3) is 2.63. The van der Waals surface area contributed by atoms with Gasteiger partial charge in [-0.15, -0.1) is 0 Å². The molecule has 100 valence electrons. The first kappa shape index (κ1) is 13.3. The Kier molecular flexibility index (Phi) is 4.15. The van der Waals surface area contributed by atoms with E-state index >= 15 is 0 Å². The summed E-state index contributed by atoms with van der Waals surface area (Å²) >= 11 is 0. The Bertz CT molecular complexity index is 372. The molecule has 0 amide bonds. The molecule has 0 unspecified atom stereocenters. The number of hydrogen-bond acceptors (Lipinski definition) is 6. The van der Waals surface area contributed by atoms with Crippen LogP contribution in [-0.4, -0.2) is 52.6 Å². The van der Waals surface area contributed by atoms with Crippen molar-refractivity contribution in [3.05, 3.63) is 30.3 Å². The fourth-order valence-electron chi connectivity index (χ4n) is 1.84. The highest BCUT2D eigenvalue weighted by Crippen LogP contribution is 2.22. The van der Waals surface area contributed by atoms with E-state index in [0.717, 1.165) is 0 Å². The Morgan fingerprint density at radius 2 is 1.83 bits per heavy atom. The number of benzene rings is 1. The molecule has 1 aliphatic rings. The van der Waals surface area contributed by atoms with Crippen LogP contribution in [0.4, 0.5) is 0 Å². The van der Waals surface area contributed by atoms with Crippen molar-refractivity contribution < 1.29 is 24.8 Å². The Hall–Kier alpha value is -1.18. The van der Waals surface area contributed by atoms with E-state index in [1.54, 1.807) is 24.3 Å². The van der Waals surface area contributed by atoms with Crippen LogP contribution in [0.1, 0.15) is 0 Å². The topological polar surface area (TPSA) is 105 Å². The molecule has 1 aliphatic heterocycles. The van der Waals surface area contributed by atoms with E-state index in [4.69, 9.17) is 20.3 Å². The van der Waals surface area contributed by atoms with Crippen LogP contribution in [0.3, 0.4) is 0 Å². The average Bonchev–Trinajstić information content (AvgIpc) is 2.40. The fourth-order valence-corrected chi connectivity index (χ4v) is 1.84. The molecule has 0 spiro atoms. The maximum Gasteiger partial charge on any atom is 0.218 e. The molecule has 2 rings (SSSR count). The molecule has 1 aromatic carbocycles. The van der Waals surface area contributed by atoms with E-state index < -0.39 is 37.3 Å². The third-order valence-electron chi connectivity index (χ3n) is 2.92. The van der Waals surface area contributed by atoms with Gasteiger partial charge in [0.05, 0.1) is 12.6 Å². The number of rotatable bonds is 3. The zero-order chi connectivity index (χ0) is 13.1. The summed E-state index contributed by atoms with van der Waals surface area (Å²) in [7, 11) is 0. The van der Waals surface area contributed by atoms with Crippen molar-refractivity contribution in [3.8, 4) is 5.75 Å². The summed E-state index contributed by atoms with van der Waals surface area (Å²) in [6.45, 7) is -0.417. The summed E-state index contributed by atoms with van der Waals surface area (Å²) < 4.78 is 10.8. The summed E-state index contributed by atoms with van der Waals surface area (Å²) in [4.78, 5) is 0. The van der Waals surface area contributed by atoms with Crippen LogP contribution in [0.2, 0.25) is 0 Å². The SMILES string of the molecule is N[C@H]1[C@H](Oc2ccccc2)O[C@H](CO)[C@@H](O)[C@@H]1O. The summed E-state index contributed by atoms with van der Waals surface area (Å²) in [5, 5.41) is 28.4. The summed E-state index contributed by atoms with van der Waals surface area (Å²) in [5.41, 5.74) is 5.74. The van der Waals surface area contributed by atoms with Crippen LogP contribution in [-0.2, 0) is 4.74 Å². The predicted molar refractivity (Wildman–Crippen MR) is 62.8 cm³/mol. The van der Waals surface area contributed by atoms with Crippen molar-refractivity contribution in [1.29, 1.82) is 0 Å². The molecule has 1 fully saturated rings. The van der Waals surface area contributed by atoms with Gasteiger partial charge in [-0.3, -0.25) is 0 Å². The second kappa shape index (κ2) is 5.64. The monoisotopic (exact) mass is 255 g/mol. The van der Waals surface area contributed by atoms with Gasteiger partial charge < -0.3 is 30.5 Å². The molecule has 6 heteroatoms. The van der Waals surface area contributed by atoms with Crippen LogP contribution in [0.25, 0.3) is 0 Å². The van der Waals surface area contributed by atoms with Crippen LogP contribution in [0.5, 0.6) is 5.75 Å². The minimum Gasteiger partial charge on any atom is -0.463 e. The van der Waals surface area contributed by atoms with Crippen LogP contribution in [0, 0.1) is 0 Å². The Balaban J connectivity index is 2.08. The Morgan fingerprint density at radius 1 is 1.17 bits per heavy atom. The molecular formula is C12H17NO5. The maximum atomic E-state index is 9.75. The second-order valence-electron chi connectivity index (χ2n) is 4.21. The molecule has 0 bridgehead atoms. The molecular weight excluding hydrogens is 238 g/mol. The largest absolute Gasteiger partial charge is 0.463 e. The number of aliphatic hydroxyl groups excluding tert-OH is 3. The molecule has 1 saturated heterocycles.